The van der Waals surface area contributed by atoms with Crippen molar-refractivity contribution in [2.45, 2.75) is 0 Å². The molecule has 96 valence electrons. The summed E-state index contributed by atoms with van der Waals surface area (Å²) in [5, 5.41) is 3.72. The van der Waals surface area contributed by atoms with Crippen molar-refractivity contribution < 1.29 is 8.91 Å². The normalized spacial score (nSPS) is 10.8. The molecule has 0 aliphatic carbocycles. The van der Waals surface area contributed by atoms with Gasteiger partial charge in [0.15, 0.2) is 11.6 Å². The number of benzene rings is 1. The van der Waals surface area contributed by atoms with E-state index >= 15 is 0 Å². The number of hydrogen-bond donors (Lipinski definition) is 1. The van der Waals surface area contributed by atoms with Gasteiger partial charge in [-0.05, 0) is 18.2 Å². The van der Waals surface area contributed by atoms with Crippen LogP contribution in [0.2, 0.25) is 4.34 Å². The maximum atomic E-state index is 13.9. The molecule has 3 aromatic rings. The van der Waals surface area contributed by atoms with Crippen LogP contribution < -0.4 is 5.73 Å². The van der Waals surface area contributed by atoms with Crippen molar-refractivity contribution in [2.24, 2.45) is 0 Å². The van der Waals surface area contributed by atoms with Gasteiger partial charge < -0.3 is 10.3 Å². The molecule has 1 aromatic carbocycles. The molecule has 0 bridgehead atoms. The minimum atomic E-state index is -0.374. The van der Waals surface area contributed by atoms with Gasteiger partial charge in [0.2, 0.25) is 0 Å². The van der Waals surface area contributed by atoms with E-state index in [2.05, 4.69) is 5.16 Å². The SMILES string of the molecule is Nc1noc(-c2ccc(Cl)s2)c1-c1ccccc1F. The van der Waals surface area contributed by atoms with E-state index in [0.717, 1.165) is 4.88 Å². The first-order valence-electron chi connectivity index (χ1n) is 5.42. The van der Waals surface area contributed by atoms with Crippen molar-refractivity contribution in [3.8, 4) is 21.8 Å². The Bertz CT molecular complexity index is 738. The van der Waals surface area contributed by atoms with Crippen LogP contribution in [-0.4, -0.2) is 5.16 Å². The van der Waals surface area contributed by atoms with Crippen molar-refractivity contribution in [1.29, 1.82) is 0 Å². The van der Waals surface area contributed by atoms with Crippen molar-refractivity contribution in [2.75, 3.05) is 5.73 Å². The lowest BCUT2D eigenvalue weighted by Crippen LogP contribution is -1.90. The Morgan fingerprint density at radius 2 is 2.00 bits per heavy atom. The molecule has 0 atom stereocenters. The summed E-state index contributed by atoms with van der Waals surface area (Å²) >= 11 is 7.22. The Balaban J connectivity index is 2.22. The summed E-state index contributed by atoms with van der Waals surface area (Å²) in [7, 11) is 0. The number of nitrogens with two attached hydrogens (primary N) is 1. The molecule has 0 radical (unpaired) electrons. The topological polar surface area (TPSA) is 52.0 Å². The van der Waals surface area contributed by atoms with Crippen LogP contribution in [0.5, 0.6) is 0 Å². The summed E-state index contributed by atoms with van der Waals surface area (Å²) in [6.45, 7) is 0. The lowest BCUT2D eigenvalue weighted by atomic mass is 10.0. The molecule has 0 fully saturated rings. The highest BCUT2D eigenvalue weighted by molar-refractivity contribution is 7.19. The zero-order valence-corrected chi connectivity index (χ0v) is 11.1. The van der Waals surface area contributed by atoms with Gasteiger partial charge in [0.1, 0.15) is 5.82 Å². The van der Waals surface area contributed by atoms with Gasteiger partial charge in [0.25, 0.3) is 0 Å². The van der Waals surface area contributed by atoms with Crippen LogP contribution in [0, 0.1) is 5.82 Å². The number of nitrogen functional groups attached to an aromatic ring is 1. The number of thiophene rings is 1. The van der Waals surface area contributed by atoms with Crippen LogP contribution >= 0.6 is 22.9 Å². The summed E-state index contributed by atoms with van der Waals surface area (Å²) in [6, 6.07) is 9.88. The van der Waals surface area contributed by atoms with E-state index in [1.165, 1.54) is 17.4 Å². The van der Waals surface area contributed by atoms with Crippen molar-refractivity contribution >= 4 is 28.8 Å². The first-order chi connectivity index (χ1) is 9.16. The van der Waals surface area contributed by atoms with Gasteiger partial charge in [-0.1, -0.05) is 35.0 Å². The fraction of sp³-hybridized carbons (Fsp3) is 0. The molecular weight excluding hydrogens is 287 g/mol. The Morgan fingerprint density at radius 3 is 2.68 bits per heavy atom. The average molecular weight is 295 g/mol. The maximum absolute atomic E-state index is 13.9. The second-order valence-electron chi connectivity index (χ2n) is 3.86. The third-order valence-electron chi connectivity index (χ3n) is 2.66. The van der Waals surface area contributed by atoms with Crippen LogP contribution in [0.1, 0.15) is 0 Å². The minimum absolute atomic E-state index is 0.157. The molecule has 6 heteroatoms. The number of aromatic nitrogens is 1. The monoisotopic (exact) mass is 294 g/mol. The lowest BCUT2D eigenvalue weighted by Gasteiger charge is -2.02. The number of halogens is 2. The summed E-state index contributed by atoms with van der Waals surface area (Å²) in [5.41, 5.74) is 6.60. The van der Waals surface area contributed by atoms with Crippen LogP contribution in [0.4, 0.5) is 10.2 Å². The molecule has 0 amide bonds. The lowest BCUT2D eigenvalue weighted by molar-refractivity contribution is 0.437. The van der Waals surface area contributed by atoms with Gasteiger partial charge in [-0.25, -0.2) is 4.39 Å². The summed E-state index contributed by atoms with van der Waals surface area (Å²) in [5.74, 6) is 0.213. The van der Waals surface area contributed by atoms with Crippen LogP contribution in [0.3, 0.4) is 0 Å². The van der Waals surface area contributed by atoms with Gasteiger partial charge in [0, 0.05) is 5.56 Å². The summed E-state index contributed by atoms with van der Waals surface area (Å²) in [6.07, 6.45) is 0. The van der Waals surface area contributed by atoms with E-state index in [0.29, 0.717) is 21.2 Å². The molecule has 3 nitrogen and oxygen atoms in total. The Kier molecular flexibility index (Phi) is 3.00. The smallest absolute Gasteiger partial charge is 0.187 e. The van der Waals surface area contributed by atoms with Gasteiger partial charge in [-0.3, -0.25) is 0 Å². The predicted octanol–water partition coefficient (Wildman–Crippen LogP) is 4.44. The van der Waals surface area contributed by atoms with Crippen molar-refractivity contribution in [3.05, 3.63) is 46.6 Å². The van der Waals surface area contributed by atoms with E-state index in [1.54, 1.807) is 30.3 Å². The molecule has 2 heterocycles. The largest absolute Gasteiger partial charge is 0.380 e. The number of nitrogens with zero attached hydrogens (tertiary/aromatic N) is 1. The minimum Gasteiger partial charge on any atom is -0.380 e. The molecule has 2 aromatic heterocycles. The van der Waals surface area contributed by atoms with E-state index in [9.17, 15) is 4.39 Å². The average Bonchev–Trinajstić information content (AvgIpc) is 2.96. The van der Waals surface area contributed by atoms with E-state index < -0.39 is 0 Å². The van der Waals surface area contributed by atoms with E-state index in [1.807, 2.05) is 0 Å². The zero-order valence-electron chi connectivity index (χ0n) is 9.56. The molecule has 0 saturated heterocycles. The molecule has 0 saturated carbocycles. The Hall–Kier alpha value is -1.85. The summed E-state index contributed by atoms with van der Waals surface area (Å²) < 4.78 is 19.7. The zero-order chi connectivity index (χ0) is 13.4. The quantitative estimate of drug-likeness (QED) is 0.760. The highest BCUT2D eigenvalue weighted by atomic mass is 35.5. The standard InChI is InChI=1S/C13H8ClFN2OS/c14-10-6-5-9(19-10)12-11(13(16)17-18-12)7-3-1-2-4-8(7)15/h1-6H,(H2,16,17). The molecule has 0 aliphatic rings. The fourth-order valence-electron chi connectivity index (χ4n) is 1.83. The van der Waals surface area contributed by atoms with E-state index in [4.69, 9.17) is 21.9 Å². The molecule has 0 aliphatic heterocycles. The first kappa shape index (κ1) is 12.2. The van der Waals surface area contributed by atoms with Gasteiger partial charge in [0.05, 0.1) is 14.8 Å². The van der Waals surface area contributed by atoms with E-state index in [-0.39, 0.29) is 11.6 Å². The highest BCUT2D eigenvalue weighted by Crippen LogP contribution is 2.41. The van der Waals surface area contributed by atoms with Gasteiger partial charge in [-0.2, -0.15) is 0 Å². The third-order valence-corrected chi connectivity index (χ3v) is 3.89. The van der Waals surface area contributed by atoms with Crippen LogP contribution in [-0.2, 0) is 0 Å². The number of hydrogen-bond acceptors (Lipinski definition) is 4. The molecule has 0 spiro atoms. The van der Waals surface area contributed by atoms with Crippen LogP contribution in [0.15, 0.2) is 40.9 Å². The second-order valence-corrected chi connectivity index (χ2v) is 5.57. The molecule has 2 N–H and O–H groups in total. The first-order valence-corrected chi connectivity index (χ1v) is 6.62. The third kappa shape index (κ3) is 2.11. The molecular formula is C13H8ClFN2OS. The fourth-order valence-corrected chi connectivity index (χ4v) is 2.86. The Labute approximate surface area is 117 Å². The van der Waals surface area contributed by atoms with Crippen LogP contribution in [0.25, 0.3) is 21.8 Å². The van der Waals surface area contributed by atoms with Crippen molar-refractivity contribution in [1.82, 2.24) is 5.16 Å². The Morgan fingerprint density at radius 1 is 1.21 bits per heavy atom. The van der Waals surface area contributed by atoms with Gasteiger partial charge in [-0.15, -0.1) is 11.3 Å². The maximum Gasteiger partial charge on any atom is 0.187 e. The van der Waals surface area contributed by atoms with Gasteiger partial charge >= 0.3 is 0 Å². The van der Waals surface area contributed by atoms with Crippen molar-refractivity contribution in [3.63, 3.8) is 0 Å². The number of anilines is 1. The predicted molar refractivity (Wildman–Crippen MR) is 74.6 cm³/mol. The molecule has 19 heavy (non-hydrogen) atoms. The number of rotatable bonds is 2. The summed E-state index contributed by atoms with van der Waals surface area (Å²) in [4.78, 5) is 0.757. The molecule has 0 unspecified atom stereocenters. The molecule has 3 rings (SSSR count). The second kappa shape index (κ2) is 4.68. The highest BCUT2D eigenvalue weighted by Gasteiger charge is 2.21.